The SMILES string of the molecule is COC(CNc1c(NCc2ccc(C)cc2)c(=O)c1=O)OC. The van der Waals surface area contributed by atoms with Crippen molar-refractivity contribution in [3.63, 3.8) is 0 Å². The van der Waals surface area contributed by atoms with Gasteiger partial charge in [0.1, 0.15) is 11.4 Å². The van der Waals surface area contributed by atoms with Crippen molar-refractivity contribution in [3.8, 4) is 0 Å². The van der Waals surface area contributed by atoms with E-state index in [-0.39, 0.29) is 12.2 Å². The highest BCUT2D eigenvalue weighted by Crippen LogP contribution is 2.16. The molecule has 0 aliphatic carbocycles. The van der Waals surface area contributed by atoms with Gasteiger partial charge in [-0.3, -0.25) is 9.59 Å². The Morgan fingerprint density at radius 2 is 1.50 bits per heavy atom. The number of ether oxygens (including phenoxy) is 2. The number of nitrogens with one attached hydrogen (secondary N) is 2. The first kappa shape index (κ1) is 16.2. The van der Waals surface area contributed by atoms with Crippen LogP contribution < -0.4 is 21.5 Å². The summed E-state index contributed by atoms with van der Waals surface area (Å²) in [5.74, 6) is 0. The molecule has 118 valence electrons. The Hall–Kier alpha value is -2.18. The molecule has 0 atom stereocenters. The van der Waals surface area contributed by atoms with Crippen molar-refractivity contribution in [3.05, 3.63) is 55.8 Å². The first-order chi connectivity index (χ1) is 10.6. The van der Waals surface area contributed by atoms with Crippen LogP contribution >= 0.6 is 0 Å². The van der Waals surface area contributed by atoms with Gasteiger partial charge in [-0.15, -0.1) is 0 Å². The van der Waals surface area contributed by atoms with Crippen LogP contribution in [0.25, 0.3) is 0 Å². The van der Waals surface area contributed by atoms with E-state index in [0.717, 1.165) is 5.56 Å². The Balaban J connectivity index is 1.99. The quantitative estimate of drug-likeness (QED) is 0.564. The summed E-state index contributed by atoms with van der Waals surface area (Å²) < 4.78 is 10.1. The van der Waals surface area contributed by atoms with Gasteiger partial charge in [-0.25, -0.2) is 0 Å². The molecular formula is C16H20N2O4. The molecule has 0 bridgehead atoms. The van der Waals surface area contributed by atoms with Crippen molar-refractivity contribution in [1.82, 2.24) is 0 Å². The third-order valence-electron chi connectivity index (χ3n) is 3.47. The number of aryl methyl sites for hydroxylation is 1. The normalized spacial score (nSPS) is 11.1. The molecule has 2 N–H and O–H groups in total. The number of methoxy groups -OCH3 is 2. The van der Waals surface area contributed by atoms with Crippen LogP contribution in [0.1, 0.15) is 11.1 Å². The first-order valence-electron chi connectivity index (χ1n) is 6.99. The molecule has 6 heteroatoms. The molecule has 2 rings (SSSR count). The van der Waals surface area contributed by atoms with Gasteiger partial charge >= 0.3 is 0 Å². The average molecular weight is 304 g/mol. The molecule has 0 heterocycles. The van der Waals surface area contributed by atoms with E-state index in [2.05, 4.69) is 10.6 Å². The molecule has 0 aromatic heterocycles. The molecule has 0 spiro atoms. The summed E-state index contributed by atoms with van der Waals surface area (Å²) >= 11 is 0. The molecule has 22 heavy (non-hydrogen) atoms. The summed E-state index contributed by atoms with van der Waals surface area (Å²) in [6, 6.07) is 7.96. The molecular weight excluding hydrogens is 284 g/mol. The number of hydrogen-bond donors (Lipinski definition) is 2. The molecule has 0 unspecified atom stereocenters. The first-order valence-corrected chi connectivity index (χ1v) is 6.99. The fourth-order valence-electron chi connectivity index (χ4n) is 2.07. The fraction of sp³-hybridized carbons (Fsp3) is 0.375. The maximum atomic E-state index is 11.7. The summed E-state index contributed by atoms with van der Waals surface area (Å²) in [5.41, 5.74) is 1.80. The highest BCUT2D eigenvalue weighted by molar-refractivity contribution is 5.74. The highest BCUT2D eigenvalue weighted by atomic mass is 16.7. The van der Waals surface area contributed by atoms with Crippen LogP contribution in [0.15, 0.2) is 33.9 Å². The zero-order chi connectivity index (χ0) is 16.1. The van der Waals surface area contributed by atoms with Crippen molar-refractivity contribution < 1.29 is 9.47 Å². The Labute approximate surface area is 128 Å². The van der Waals surface area contributed by atoms with Crippen molar-refractivity contribution in [2.75, 3.05) is 31.4 Å². The summed E-state index contributed by atoms with van der Waals surface area (Å²) in [6.45, 7) is 2.78. The van der Waals surface area contributed by atoms with E-state index in [1.54, 1.807) is 0 Å². The summed E-state index contributed by atoms with van der Waals surface area (Å²) in [4.78, 5) is 23.3. The third kappa shape index (κ3) is 3.52. The van der Waals surface area contributed by atoms with E-state index in [4.69, 9.17) is 9.47 Å². The maximum absolute atomic E-state index is 11.7. The topological polar surface area (TPSA) is 76.7 Å². The van der Waals surface area contributed by atoms with Gasteiger partial charge in [0.05, 0.1) is 6.54 Å². The largest absolute Gasteiger partial charge is 0.376 e. The predicted octanol–water partition coefficient (Wildman–Crippen LogP) is 1.23. The van der Waals surface area contributed by atoms with Crippen LogP contribution in [0.4, 0.5) is 11.4 Å². The minimum atomic E-state index is -0.516. The second-order valence-electron chi connectivity index (χ2n) is 5.03. The summed E-state index contributed by atoms with van der Waals surface area (Å²) in [5, 5.41) is 5.90. The molecule has 0 radical (unpaired) electrons. The van der Waals surface area contributed by atoms with Gasteiger partial charge in [0.2, 0.25) is 0 Å². The number of rotatable bonds is 8. The van der Waals surface area contributed by atoms with E-state index in [9.17, 15) is 9.59 Å². The summed E-state index contributed by atoms with van der Waals surface area (Å²) in [6.07, 6.45) is -0.477. The van der Waals surface area contributed by atoms with Crippen LogP contribution in [0.2, 0.25) is 0 Å². The van der Waals surface area contributed by atoms with Gasteiger partial charge in [-0.05, 0) is 12.5 Å². The minimum absolute atomic E-state index is 0.288. The molecule has 0 saturated carbocycles. The van der Waals surface area contributed by atoms with Crippen molar-refractivity contribution >= 4 is 11.4 Å². The zero-order valence-corrected chi connectivity index (χ0v) is 12.9. The molecule has 0 amide bonds. The summed E-state index contributed by atoms with van der Waals surface area (Å²) in [7, 11) is 3.02. The van der Waals surface area contributed by atoms with Crippen LogP contribution in [0.5, 0.6) is 0 Å². The Kier molecular flexibility index (Phi) is 5.30. The van der Waals surface area contributed by atoms with Crippen molar-refractivity contribution in [1.29, 1.82) is 0 Å². The third-order valence-corrected chi connectivity index (χ3v) is 3.47. The van der Waals surface area contributed by atoms with Gasteiger partial charge in [0.15, 0.2) is 6.29 Å². The van der Waals surface area contributed by atoms with Gasteiger partial charge in [-0.2, -0.15) is 0 Å². The maximum Gasteiger partial charge on any atom is 0.253 e. The molecule has 2 aromatic rings. The lowest BCUT2D eigenvalue weighted by molar-refractivity contribution is -0.0914. The number of hydrogen-bond acceptors (Lipinski definition) is 6. The standard InChI is InChI=1S/C16H20N2O4/c1-10-4-6-11(7-5-10)8-17-13-14(16(20)15(13)19)18-9-12(21-2)22-3/h4-7,12,17-18H,8-9H2,1-3H3. The smallest absolute Gasteiger partial charge is 0.253 e. The Morgan fingerprint density at radius 1 is 0.955 bits per heavy atom. The Bertz CT molecular complexity index is 683. The molecule has 0 fully saturated rings. The van der Waals surface area contributed by atoms with Crippen LogP contribution in [-0.2, 0) is 16.0 Å². The molecule has 0 aliphatic heterocycles. The van der Waals surface area contributed by atoms with E-state index >= 15 is 0 Å². The second kappa shape index (κ2) is 7.20. The van der Waals surface area contributed by atoms with E-state index in [0.29, 0.717) is 12.2 Å². The monoisotopic (exact) mass is 304 g/mol. The van der Waals surface area contributed by atoms with Crippen LogP contribution in [0.3, 0.4) is 0 Å². The molecule has 6 nitrogen and oxygen atoms in total. The molecule has 0 aliphatic rings. The van der Waals surface area contributed by atoms with Gasteiger partial charge in [-0.1, -0.05) is 29.8 Å². The van der Waals surface area contributed by atoms with E-state index in [1.165, 1.54) is 19.8 Å². The van der Waals surface area contributed by atoms with Crippen molar-refractivity contribution in [2.24, 2.45) is 0 Å². The lowest BCUT2D eigenvalue weighted by Crippen LogP contribution is -2.39. The van der Waals surface area contributed by atoms with Crippen LogP contribution in [-0.4, -0.2) is 27.1 Å². The second-order valence-corrected chi connectivity index (χ2v) is 5.03. The molecule has 2 aromatic carbocycles. The lowest BCUT2D eigenvalue weighted by atomic mass is 10.1. The van der Waals surface area contributed by atoms with Gasteiger partial charge < -0.3 is 20.1 Å². The Morgan fingerprint density at radius 3 is 2.05 bits per heavy atom. The van der Waals surface area contributed by atoms with E-state index in [1.807, 2.05) is 31.2 Å². The molecule has 0 saturated heterocycles. The fourth-order valence-corrected chi connectivity index (χ4v) is 2.07. The van der Waals surface area contributed by atoms with E-state index < -0.39 is 17.1 Å². The zero-order valence-electron chi connectivity index (χ0n) is 12.9. The van der Waals surface area contributed by atoms with Gasteiger partial charge in [0, 0.05) is 20.8 Å². The van der Waals surface area contributed by atoms with Gasteiger partial charge in [0.25, 0.3) is 10.9 Å². The van der Waals surface area contributed by atoms with Crippen molar-refractivity contribution in [2.45, 2.75) is 19.8 Å². The number of benzene rings is 1. The predicted molar refractivity (Wildman–Crippen MR) is 86.2 cm³/mol. The minimum Gasteiger partial charge on any atom is -0.376 e. The van der Waals surface area contributed by atoms with Crippen LogP contribution in [0, 0.1) is 6.92 Å². The lowest BCUT2D eigenvalue weighted by Gasteiger charge is -2.18. The number of anilines is 2. The average Bonchev–Trinajstić information content (AvgIpc) is 2.54. The highest BCUT2D eigenvalue weighted by Gasteiger charge is 2.21.